The molecule has 7 heteroatoms. The van der Waals surface area contributed by atoms with Crippen LogP contribution in [-0.2, 0) is 29.6 Å². The maximum Gasteiger partial charge on any atom is 0.250 e. The number of carbonyl (C=O) groups excluding carboxylic acids is 2. The van der Waals surface area contributed by atoms with Gasteiger partial charge in [-0.1, -0.05) is 36.4 Å². The van der Waals surface area contributed by atoms with Crippen LogP contribution in [0, 0.1) is 5.92 Å². The lowest BCUT2D eigenvalue weighted by Gasteiger charge is -2.36. The first kappa shape index (κ1) is 25.2. The highest BCUT2D eigenvalue weighted by Gasteiger charge is 2.40. The lowest BCUT2D eigenvalue weighted by molar-refractivity contribution is -0.138. The van der Waals surface area contributed by atoms with Crippen molar-refractivity contribution in [3.63, 3.8) is 0 Å². The largest absolute Gasteiger partial charge is 0.356 e. The number of aromatic nitrogens is 1. The van der Waals surface area contributed by atoms with E-state index in [-0.39, 0.29) is 35.3 Å². The number of hydrogen-bond donors (Lipinski definition) is 2. The number of nitrogens with one attached hydrogen (secondary N) is 2. The molecular formula is C30H36N4O3. The van der Waals surface area contributed by atoms with Crippen LogP contribution < -0.4 is 16.2 Å². The van der Waals surface area contributed by atoms with Crippen LogP contribution in [0.5, 0.6) is 0 Å². The molecule has 0 radical (unpaired) electrons. The summed E-state index contributed by atoms with van der Waals surface area (Å²) in [5.41, 5.74) is 3.22. The average Bonchev–Trinajstić information content (AvgIpc) is 3.73. The third kappa shape index (κ3) is 5.77. The molecule has 2 fully saturated rings. The van der Waals surface area contributed by atoms with Crippen LogP contribution >= 0.6 is 0 Å². The lowest BCUT2D eigenvalue weighted by atomic mass is 9.80. The Labute approximate surface area is 217 Å². The van der Waals surface area contributed by atoms with Crippen LogP contribution in [0.3, 0.4) is 0 Å². The van der Waals surface area contributed by atoms with Crippen molar-refractivity contribution >= 4 is 22.6 Å². The molecule has 0 bridgehead atoms. The van der Waals surface area contributed by atoms with Gasteiger partial charge in [0.25, 0.3) is 5.56 Å². The fraction of sp³-hybridized carbons (Fsp3) is 0.433. The number of aryl methyl sites for hydroxylation is 1. The maximum absolute atomic E-state index is 14.1. The molecule has 2 heterocycles. The number of fused-ring (bicyclic) bond motifs is 1. The number of hydrogen-bond acceptors (Lipinski definition) is 4. The first-order chi connectivity index (χ1) is 17.9. The Hall–Kier alpha value is -3.45. The van der Waals surface area contributed by atoms with Gasteiger partial charge in [-0.15, -0.1) is 0 Å². The fourth-order valence-corrected chi connectivity index (χ4v) is 5.60. The zero-order chi connectivity index (χ0) is 25.9. The van der Waals surface area contributed by atoms with E-state index in [0.717, 1.165) is 59.7 Å². The first-order valence-electron chi connectivity index (χ1n) is 13.3. The second kappa shape index (κ2) is 10.9. The summed E-state index contributed by atoms with van der Waals surface area (Å²) in [4.78, 5) is 39.9. The minimum atomic E-state index is -0.198. The summed E-state index contributed by atoms with van der Waals surface area (Å²) in [6.07, 6.45) is 5.44. The number of amides is 2. The number of pyridine rings is 1. The third-order valence-electron chi connectivity index (χ3n) is 7.76. The van der Waals surface area contributed by atoms with E-state index in [1.807, 2.05) is 18.2 Å². The van der Waals surface area contributed by atoms with Crippen LogP contribution in [0.1, 0.15) is 48.8 Å². The molecule has 194 valence electrons. The molecule has 0 unspecified atom stereocenters. The summed E-state index contributed by atoms with van der Waals surface area (Å²) in [7, 11) is 1.75. The molecule has 1 aromatic heterocycles. The quantitative estimate of drug-likeness (QED) is 0.498. The van der Waals surface area contributed by atoms with Crippen LogP contribution in [0.25, 0.3) is 10.8 Å². The van der Waals surface area contributed by atoms with Crippen LogP contribution in [0.4, 0.5) is 0 Å². The molecule has 1 aliphatic heterocycles. The number of rotatable bonds is 8. The Morgan fingerprint density at radius 1 is 1.11 bits per heavy atom. The molecule has 2 N–H and O–H groups in total. The highest BCUT2D eigenvalue weighted by atomic mass is 16.2. The molecule has 2 aromatic carbocycles. The van der Waals surface area contributed by atoms with Gasteiger partial charge in [-0.05, 0) is 71.7 Å². The van der Waals surface area contributed by atoms with Gasteiger partial charge in [-0.3, -0.25) is 14.4 Å². The van der Waals surface area contributed by atoms with Gasteiger partial charge in [0.05, 0.1) is 5.92 Å². The van der Waals surface area contributed by atoms with Crippen molar-refractivity contribution in [1.82, 2.24) is 20.1 Å². The molecular weight excluding hydrogens is 464 g/mol. The lowest BCUT2D eigenvalue weighted by Crippen LogP contribution is -2.47. The maximum atomic E-state index is 14.1. The minimum Gasteiger partial charge on any atom is -0.356 e. The van der Waals surface area contributed by atoms with E-state index in [1.165, 1.54) is 6.92 Å². The predicted octanol–water partition coefficient (Wildman–Crippen LogP) is 3.10. The second-order valence-electron chi connectivity index (χ2n) is 10.5. The van der Waals surface area contributed by atoms with Crippen molar-refractivity contribution < 1.29 is 9.59 Å². The molecule has 0 spiro atoms. The van der Waals surface area contributed by atoms with Gasteiger partial charge in [0.15, 0.2) is 0 Å². The minimum absolute atomic E-state index is 0.0292. The van der Waals surface area contributed by atoms with E-state index in [2.05, 4.69) is 39.8 Å². The summed E-state index contributed by atoms with van der Waals surface area (Å²) < 4.78 is 1.57. The number of carbonyl (C=O) groups is 2. The predicted molar refractivity (Wildman–Crippen MR) is 145 cm³/mol. The first-order valence-corrected chi connectivity index (χ1v) is 13.3. The summed E-state index contributed by atoms with van der Waals surface area (Å²) in [6.45, 7) is 4.15. The molecule has 2 amide bonds. The summed E-state index contributed by atoms with van der Waals surface area (Å²) in [5, 5.41) is 8.62. The average molecular weight is 501 g/mol. The highest BCUT2D eigenvalue weighted by molar-refractivity contribution is 5.87. The number of nitrogens with zero attached hydrogens (tertiary/aromatic N) is 2. The van der Waals surface area contributed by atoms with Crippen LogP contribution in [-0.4, -0.2) is 47.0 Å². The topological polar surface area (TPSA) is 83.4 Å². The van der Waals surface area contributed by atoms with Crippen molar-refractivity contribution in [3.05, 3.63) is 81.8 Å². The molecule has 2 aliphatic rings. The van der Waals surface area contributed by atoms with Gasteiger partial charge >= 0.3 is 0 Å². The molecule has 1 aliphatic carbocycles. The molecule has 7 nitrogen and oxygen atoms in total. The molecule has 3 aromatic rings. The van der Waals surface area contributed by atoms with Gasteiger partial charge in [0, 0.05) is 51.9 Å². The summed E-state index contributed by atoms with van der Waals surface area (Å²) >= 11 is 0. The smallest absolute Gasteiger partial charge is 0.250 e. The summed E-state index contributed by atoms with van der Waals surface area (Å²) in [6, 6.07) is 16.7. The highest BCUT2D eigenvalue weighted by Crippen LogP contribution is 2.36. The van der Waals surface area contributed by atoms with Gasteiger partial charge in [0.2, 0.25) is 11.8 Å². The van der Waals surface area contributed by atoms with Gasteiger partial charge in [0.1, 0.15) is 0 Å². The van der Waals surface area contributed by atoms with E-state index < -0.39 is 0 Å². The Kier molecular flexibility index (Phi) is 7.42. The fourth-order valence-electron chi connectivity index (χ4n) is 5.60. The zero-order valence-electron chi connectivity index (χ0n) is 21.7. The van der Waals surface area contributed by atoms with Gasteiger partial charge < -0.3 is 20.1 Å². The third-order valence-corrected chi connectivity index (χ3v) is 7.76. The van der Waals surface area contributed by atoms with Crippen molar-refractivity contribution in [2.75, 3.05) is 19.6 Å². The molecule has 2 atom stereocenters. The standard InChI is InChI=1S/C30H36N4O3/c1-20(35)32-13-9-21-15-22-5-3-4-6-26(22)24(16-21)19-34(25-7-8-25)30(37)28-18-31-12-10-27(28)23-11-14-33(2)29(36)17-23/h3-6,11,14-17,25,27-28,31H,7-10,12-13,18-19H2,1-2H3,(H,32,35)/t27-,28+/m0/s1. The van der Waals surface area contributed by atoms with Crippen molar-refractivity contribution in [2.24, 2.45) is 13.0 Å². The summed E-state index contributed by atoms with van der Waals surface area (Å²) in [5.74, 6) is -0.0214. The second-order valence-corrected chi connectivity index (χ2v) is 10.5. The Balaban J connectivity index is 1.43. The SMILES string of the molecule is CC(=O)NCCc1cc(CN(C(=O)[C@@H]2CNCC[C@H]2c2ccn(C)c(=O)c2)C2CC2)c2ccccc2c1. The van der Waals surface area contributed by atoms with E-state index >= 15 is 0 Å². The Bertz CT molecular complexity index is 1360. The van der Waals surface area contributed by atoms with Crippen molar-refractivity contribution in [3.8, 4) is 0 Å². The molecule has 37 heavy (non-hydrogen) atoms. The Morgan fingerprint density at radius 3 is 2.68 bits per heavy atom. The zero-order valence-corrected chi connectivity index (χ0v) is 21.7. The van der Waals surface area contributed by atoms with Crippen LogP contribution in [0.2, 0.25) is 0 Å². The van der Waals surface area contributed by atoms with E-state index in [0.29, 0.717) is 19.6 Å². The van der Waals surface area contributed by atoms with Crippen LogP contribution in [0.15, 0.2) is 59.5 Å². The van der Waals surface area contributed by atoms with Crippen molar-refractivity contribution in [2.45, 2.75) is 51.1 Å². The van der Waals surface area contributed by atoms with Gasteiger partial charge in [-0.2, -0.15) is 0 Å². The Morgan fingerprint density at radius 2 is 1.92 bits per heavy atom. The van der Waals surface area contributed by atoms with Crippen molar-refractivity contribution in [1.29, 1.82) is 0 Å². The number of piperidine rings is 1. The number of benzene rings is 2. The van der Waals surface area contributed by atoms with E-state index in [1.54, 1.807) is 23.9 Å². The normalized spacial score (nSPS) is 19.5. The van der Waals surface area contributed by atoms with E-state index in [9.17, 15) is 14.4 Å². The monoisotopic (exact) mass is 500 g/mol. The molecule has 1 saturated carbocycles. The van der Waals surface area contributed by atoms with E-state index in [4.69, 9.17) is 0 Å². The molecule has 1 saturated heterocycles. The molecule has 5 rings (SSSR count). The van der Waals surface area contributed by atoms with Gasteiger partial charge in [-0.25, -0.2) is 0 Å².